The number of carbonyl (C=O) groups is 1. The summed E-state index contributed by atoms with van der Waals surface area (Å²) in [6.07, 6.45) is 5.91. The summed E-state index contributed by atoms with van der Waals surface area (Å²) in [5, 5.41) is 1.08. The lowest BCUT2D eigenvalue weighted by molar-refractivity contribution is -0.131. The van der Waals surface area contributed by atoms with Gasteiger partial charge in [0, 0.05) is 23.7 Å². The van der Waals surface area contributed by atoms with Gasteiger partial charge in [-0.2, -0.15) is 0 Å². The van der Waals surface area contributed by atoms with E-state index >= 15 is 0 Å². The Hall–Kier alpha value is -2.62. The molecule has 0 bridgehead atoms. The van der Waals surface area contributed by atoms with Crippen LogP contribution in [0.2, 0.25) is 0 Å². The van der Waals surface area contributed by atoms with Crippen LogP contribution in [0.3, 0.4) is 0 Å². The molecule has 1 aliphatic heterocycles. The van der Waals surface area contributed by atoms with E-state index in [2.05, 4.69) is 24.9 Å². The Morgan fingerprint density at radius 3 is 3.00 bits per heavy atom. The summed E-state index contributed by atoms with van der Waals surface area (Å²) in [5.41, 5.74) is 5.16. The third-order valence-corrected chi connectivity index (χ3v) is 5.04. The quantitative estimate of drug-likeness (QED) is 0.715. The van der Waals surface area contributed by atoms with Crippen molar-refractivity contribution in [1.82, 2.24) is 9.88 Å². The van der Waals surface area contributed by atoms with Crippen LogP contribution in [0.1, 0.15) is 41.3 Å². The second-order valence-corrected chi connectivity index (χ2v) is 6.89. The number of rotatable bonds is 3. The third-order valence-electron chi connectivity index (χ3n) is 5.04. The van der Waals surface area contributed by atoms with Crippen LogP contribution in [0.5, 0.6) is 0 Å². The van der Waals surface area contributed by atoms with Gasteiger partial charge in [-0.25, -0.2) is 0 Å². The van der Waals surface area contributed by atoms with E-state index in [0.29, 0.717) is 6.42 Å². The normalized spacial score (nSPS) is 17.4. The number of pyridine rings is 1. The van der Waals surface area contributed by atoms with Gasteiger partial charge >= 0.3 is 0 Å². The SMILES string of the molecule is Cc1cc(C)c2c(CC(=O)N3CCC[C@@H]3c3ccccn3)coc2c1. The van der Waals surface area contributed by atoms with E-state index in [1.54, 1.807) is 12.5 Å². The third kappa shape index (κ3) is 2.93. The highest BCUT2D eigenvalue weighted by Crippen LogP contribution is 2.32. The monoisotopic (exact) mass is 334 g/mol. The van der Waals surface area contributed by atoms with Crippen LogP contribution < -0.4 is 0 Å². The van der Waals surface area contributed by atoms with Crippen molar-refractivity contribution in [1.29, 1.82) is 0 Å². The van der Waals surface area contributed by atoms with Gasteiger partial charge in [-0.3, -0.25) is 9.78 Å². The molecule has 1 saturated heterocycles. The Kier molecular flexibility index (Phi) is 4.04. The molecule has 0 spiro atoms. The lowest BCUT2D eigenvalue weighted by Gasteiger charge is -2.24. The topological polar surface area (TPSA) is 46.3 Å². The number of hydrogen-bond donors (Lipinski definition) is 0. The van der Waals surface area contributed by atoms with E-state index in [1.165, 1.54) is 5.56 Å². The molecule has 0 saturated carbocycles. The zero-order valence-corrected chi connectivity index (χ0v) is 14.7. The molecule has 4 rings (SSSR count). The van der Waals surface area contributed by atoms with Crippen LogP contribution in [0.15, 0.2) is 47.2 Å². The number of furan rings is 1. The van der Waals surface area contributed by atoms with Crippen LogP contribution in [0.25, 0.3) is 11.0 Å². The van der Waals surface area contributed by atoms with Crippen LogP contribution >= 0.6 is 0 Å². The number of likely N-dealkylation sites (tertiary alicyclic amines) is 1. The van der Waals surface area contributed by atoms with Gasteiger partial charge in [0.2, 0.25) is 5.91 Å². The molecular formula is C21H22N2O2. The Morgan fingerprint density at radius 1 is 1.32 bits per heavy atom. The van der Waals surface area contributed by atoms with Crippen molar-refractivity contribution in [2.24, 2.45) is 0 Å². The fourth-order valence-electron chi connectivity index (χ4n) is 3.97. The van der Waals surface area contributed by atoms with Crippen LogP contribution in [-0.2, 0) is 11.2 Å². The highest BCUT2D eigenvalue weighted by Gasteiger charge is 2.31. The number of aryl methyl sites for hydroxylation is 2. The first kappa shape index (κ1) is 15.9. The van der Waals surface area contributed by atoms with Crippen molar-refractivity contribution in [3.8, 4) is 0 Å². The smallest absolute Gasteiger partial charge is 0.227 e. The highest BCUT2D eigenvalue weighted by atomic mass is 16.3. The number of carbonyl (C=O) groups excluding carboxylic acids is 1. The minimum Gasteiger partial charge on any atom is -0.464 e. The molecule has 128 valence electrons. The molecule has 1 aromatic carbocycles. The fraction of sp³-hybridized carbons (Fsp3) is 0.333. The van der Waals surface area contributed by atoms with Crippen molar-refractivity contribution < 1.29 is 9.21 Å². The van der Waals surface area contributed by atoms with E-state index in [0.717, 1.165) is 47.2 Å². The largest absolute Gasteiger partial charge is 0.464 e. The van der Waals surface area contributed by atoms with Crippen LogP contribution in [-0.4, -0.2) is 22.3 Å². The van der Waals surface area contributed by atoms with E-state index in [-0.39, 0.29) is 11.9 Å². The van der Waals surface area contributed by atoms with Crippen molar-refractivity contribution in [3.05, 3.63) is 65.2 Å². The molecule has 3 aromatic rings. The first-order chi connectivity index (χ1) is 12.1. The van der Waals surface area contributed by atoms with Crippen molar-refractivity contribution in [3.63, 3.8) is 0 Å². The van der Waals surface area contributed by atoms with Crippen molar-refractivity contribution in [2.45, 2.75) is 39.2 Å². The first-order valence-corrected chi connectivity index (χ1v) is 8.81. The molecule has 0 radical (unpaired) electrons. The van der Waals surface area contributed by atoms with Gasteiger partial charge in [0.1, 0.15) is 5.58 Å². The molecule has 1 amide bonds. The second-order valence-electron chi connectivity index (χ2n) is 6.89. The number of hydrogen-bond acceptors (Lipinski definition) is 3. The minimum absolute atomic E-state index is 0.0928. The predicted molar refractivity (Wildman–Crippen MR) is 97.3 cm³/mol. The van der Waals surface area contributed by atoms with Crippen LogP contribution in [0.4, 0.5) is 0 Å². The van der Waals surface area contributed by atoms with E-state index in [9.17, 15) is 4.79 Å². The Balaban J connectivity index is 1.60. The number of benzene rings is 1. The van der Waals surface area contributed by atoms with Crippen LogP contribution in [0, 0.1) is 13.8 Å². The second kappa shape index (κ2) is 6.36. The number of fused-ring (bicyclic) bond motifs is 1. The fourth-order valence-corrected chi connectivity index (χ4v) is 3.97. The average molecular weight is 334 g/mol. The highest BCUT2D eigenvalue weighted by molar-refractivity contribution is 5.90. The lowest BCUT2D eigenvalue weighted by atomic mass is 10.0. The summed E-state index contributed by atoms with van der Waals surface area (Å²) in [5.74, 6) is 0.149. The van der Waals surface area contributed by atoms with Crippen molar-refractivity contribution >= 4 is 16.9 Å². The molecule has 0 aliphatic carbocycles. The zero-order valence-electron chi connectivity index (χ0n) is 14.7. The van der Waals surface area contributed by atoms with E-state index in [4.69, 9.17) is 4.42 Å². The summed E-state index contributed by atoms with van der Waals surface area (Å²) in [4.78, 5) is 19.4. The molecule has 4 nitrogen and oxygen atoms in total. The molecule has 2 aromatic heterocycles. The number of amides is 1. The zero-order chi connectivity index (χ0) is 17.4. The average Bonchev–Trinajstić information content (AvgIpc) is 3.23. The molecule has 1 atom stereocenters. The maximum Gasteiger partial charge on any atom is 0.227 e. The number of aromatic nitrogens is 1. The molecule has 1 aliphatic rings. The molecule has 1 fully saturated rings. The van der Waals surface area contributed by atoms with Gasteiger partial charge in [0.25, 0.3) is 0 Å². The summed E-state index contributed by atoms with van der Waals surface area (Å²) in [7, 11) is 0. The molecule has 0 unspecified atom stereocenters. The van der Waals surface area contributed by atoms with Crippen molar-refractivity contribution in [2.75, 3.05) is 6.54 Å². The van der Waals surface area contributed by atoms with Gasteiger partial charge in [-0.05, 0) is 56.0 Å². The maximum atomic E-state index is 13.0. The van der Waals surface area contributed by atoms with Gasteiger partial charge in [-0.15, -0.1) is 0 Å². The van der Waals surface area contributed by atoms with Gasteiger partial charge in [0.05, 0.1) is 24.4 Å². The molecular weight excluding hydrogens is 312 g/mol. The Bertz CT molecular complexity index is 914. The van der Waals surface area contributed by atoms with Gasteiger partial charge in [-0.1, -0.05) is 12.1 Å². The van der Waals surface area contributed by atoms with E-state index in [1.807, 2.05) is 29.2 Å². The van der Waals surface area contributed by atoms with Gasteiger partial charge < -0.3 is 9.32 Å². The lowest BCUT2D eigenvalue weighted by Crippen LogP contribution is -2.32. The minimum atomic E-state index is 0.0928. The summed E-state index contributed by atoms with van der Waals surface area (Å²) in [6.45, 7) is 4.93. The molecule has 0 N–H and O–H groups in total. The molecule has 3 heterocycles. The Labute approximate surface area is 147 Å². The van der Waals surface area contributed by atoms with E-state index < -0.39 is 0 Å². The van der Waals surface area contributed by atoms with Gasteiger partial charge in [0.15, 0.2) is 0 Å². The summed E-state index contributed by atoms with van der Waals surface area (Å²) >= 11 is 0. The first-order valence-electron chi connectivity index (χ1n) is 8.81. The summed E-state index contributed by atoms with van der Waals surface area (Å²) in [6, 6.07) is 10.2. The molecule has 4 heteroatoms. The predicted octanol–water partition coefficient (Wildman–Crippen LogP) is 4.35. The Morgan fingerprint density at radius 2 is 2.20 bits per heavy atom. The standard InChI is InChI=1S/C21H22N2O2/c1-14-10-15(2)21-16(13-25-19(21)11-14)12-20(24)23-9-5-7-18(23)17-6-3-4-8-22-17/h3-4,6,8,10-11,13,18H,5,7,9,12H2,1-2H3/t18-/m1/s1. The maximum absolute atomic E-state index is 13.0. The number of nitrogens with zero attached hydrogens (tertiary/aromatic N) is 2. The molecule has 25 heavy (non-hydrogen) atoms. The summed E-state index contributed by atoms with van der Waals surface area (Å²) < 4.78 is 5.70.